The number of benzene rings is 2. The molecule has 0 aliphatic carbocycles. The van der Waals surface area contributed by atoms with Crippen molar-refractivity contribution < 1.29 is 36.7 Å². The molecule has 0 radical (unpaired) electrons. The van der Waals surface area contributed by atoms with Gasteiger partial charge in [0, 0.05) is 30.8 Å². The van der Waals surface area contributed by atoms with Crippen LogP contribution in [0.1, 0.15) is 12.8 Å². The highest BCUT2D eigenvalue weighted by atomic mass is 127. The van der Waals surface area contributed by atoms with Crippen molar-refractivity contribution in [3.05, 3.63) is 47.5 Å². The first-order chi connectivity index (χ1) is 17.9. The van der Waals surface area contributed by atoms with Crippen molar-refractivity contribution in [2.45, 2.75) is 23.0 Å². The molecule has 206 valence electrons. The number of nitrogens with zero attached hydrogens (tertiary/aromatic N) is 3. The van der Waals surface area contributed by atoms with Crippen LogP contribution in [-0.2, 0) is 14.9 Å². The monoisotopic (exact) mass is 682 g/mol. The molecule has 1 fully saturated rings. The summed E-state index contributed by atoms with van der Waals surface area (Å²) in [7, 11) is -2.13. The fraction of sp³-hybridized carbons (Fsp3) is 0.348. The van der Waals surface area contributed by atoms with Crippen LogP contribution in [0, 0.1) is 5.82 Å². The Hall–Kier alpha value is -2.53. The Kier molecular flexibility index (Phi) is 10.3. The number of methoxy groups -OCH3 is 1. The largest absolute Gasteiger partial charge is 0.493 e. The van der Waals surface area contributed by atoms with E-state index in [1.807, 2.05) is 0 Å². The number of aromatic nitrogens is 2. The molecule has 15 heteroatoms. The molecule has 2 heterocycles. The van der Waals surface area contributed by atoms with Crippen molar-refractivity contribution in [3.63, 3.8) is 0 Å². The van der Waals surface area contributed by atoms with Crippen molar-refractivity contribution in [2.24, 2.45) is 0 Å². The lowest BCUT2D eigenvalue weighted by Crippen LogP contribution is -2.47. The number of anilines is 2. The summed E-state index contributed by atoms with van der Waals surface area (Å²) in [6, 6.07) is 8.17. The maximum absolute atomic E-state index is 14.4. The van der Waals surface area contributed by atoms with E-state index in [1.165, 1.54) is 12.4 Å². The molecular formula is C23H25ClFIN4O7S. The molecular weight excluding hydrogens is 658 g/mol. The highest BCUT2D eigenvalue weighted by Crippen LogP contribution is 2.37. The number of hydrogen-bond acceptors (Lipinski definition) is 9. The molecule has 1 aliphatic heterocycles. The second kappa shape index (κ2) is 13.0. The second-order valence-electron chi connectivity index (χ2n) is 8.15. The normalized spacial score (nSPS) is 17.4. The number of aliphatic hydroxyl groups excluding tert-OH is 1. The van der Waals surface area contributed by atoms with Crippen LogP contribution in [0.2, 0.25) is 5.02 Å². The van der Waals surface area contributed by atoms with Crippen LogP contribution in [0.4, 0.5) is 15.9 Å². The molecule has 4 rings (SSSR count). The van der Waals surface area contributed by atoms with Crippen LogP contribution in [0.15, 0.2) is 36.7 Å². The number of aliphatic hydroxyl groups is 1. The van der Waals surface area contributed by atoms with Gasteiger partial charge in [0.15, 0.2) is 17.3 Å². The summed E-state index contributed by atoms with van der Waals surface area (Å²) >= 11 is 8.08. The van der Waals surface area contributed by atoms with Gasteiger partial charge in [0.1, 0.15) is 24.9 Å². The SMILES string of the molecule is COc1cc2ncnc(Nc3cccc(Cl)c3F)c2cc1OC1CCN(C(=O)CO)C(I)C1.CS(=O)(=O)O. The number of rotatable bonds is 6. The molecule has 0 bridgehead atoms. The summed E-state index contributed by atoms with van der Waals surface area (Å²) in [6.07, 6.45) is 3.13. The van der Waals surface area contributed by atoms with E-state index in [9.17, 15) is 17.6 Å². The van der Waals surface area contributed by atoms with Gasteiger partial charge >= 0.3 is 0 Å². The molecule has 11 nitrogen and oxygen atoms in total. The van der Waals surface area contributed by atoms with Crippen molar-refractivity contribution >= 4 is 72.6 Å². The topological polar surface area (TPSA) is 151 Å². The van der Waals surface area contributed by atoms with Gasteiger partial charge in [-0.1, -0.05) is 40.3 Å². The minimum atomic E-state index is -3.67. The first kappa shape index (κ1) is 30.0. The Morgan fingerprint density at radius 3 is 2.66 bits per heavy atom. The number of nitrogens with one attached hydrogen (secondary N) is 1. The molecule has 3 N–H and O–H groups in total. The van der Waals surface area contributed by atoms with Crippen LogP contribution in [0.25, 0.3) is 10.9 Å². The van der Waals surface area contributed by atoms with E-state index >= 15 is 0 Å². The number of alkyl halides is 1. The van der Waals surface area contributed by atoms with Crippen LogP contribution >= 0.6 is 34.2 Å². The predicted molar refractivity (Wildman–Crippen MR) is 149 cm³/mol. The number of carbonyl (C=O) groups is 1. The van der Waals surface area contributed by atoms with E-state index in [4.69, 9.17) is 30.7 Å². The van der Waals surface area contributed by atoms with Gasteiger partial charge < -0.3 is 24.8 Å². The van der Waals surface area contributed by atoms with E-state index in [0.29, 0.717) is 53.9 Å². The molecule has 1 aliphatic rings. The molecule has 38 heavy (non-hydrogen) atoms. The average Bonchev–Trinajstić information content (AvgIpc) is 2.85. The van der Waals surface area contributed by atoms with E-state index < -0.39 is 22.5 Å². The number of piperidine rings is 1. The van der Waals surface area contributed by atoms with Gasteiger partial charge in [-0.05, 0) is 18.2 Å². The van der Waals surface area contributed by atoms with Gasteiger partial charge in [0.05, 0.1) is 33.6 Å². The summed E-state index contributed by atoms with van der Waals surface area (Å²) in [5.41, 5.74) is 0.781. The molecule has 2 aromatic carbocycles. The molecule has 3 aromatic rings. The minimum Gasteiger partial charge on any atom is -0.493 e. The predicted octanol–water partition coefficient (Wildman–Crippen LogP) is 3.80. The van der Waals surface area contributed by atoms with Crippen molar-refractivity contribution in [1.82, 2.24) is 14.9 Å². The molecule has 1 amide bonds. The molecule has 2 atom stereocenters. The standard InChI is InChI=1S/C22H21ClFIN4O4.CH4O3S/c1-32-17-9-16-13(22(27-11-26-16)28-15-4-2-3-14(23)21(15)24)8-18(17)33-12-5-6-29(19(25)7-12)20(31)10-30;1-5(2,3)4/h2-4,8-9,11-12,19,30H,5-7,10H2,1H3,(H,26,27,28);1H3,(H,2,3,4). The van der Waals surface area contributed by atoms with E-state index in [0.717, 1.165) is 0 Å². The van der Waals surface area contributed by atoms with Gasteiger partial charge in [-0.25, -0.2) is 14.4 Å². The summed E-state index contributed by atoms with van der Waals surface area (Å²) in [5, 5.41) is 12.7. The lowest BCUT2D eigenvalue weighted by atomic mass is 10.1. The third-order valence-corrected chi connectivity index (χ3v) is 6.84. The maximum Gasteiger partial charge on any atom is 0.261 e. The van der Waals surface area contributed by atoms with Crippen LogP contribution in [0.5, 0.6) is 11.5 Å². The highest BCUT2D eigenvalue weighted by molar-refractivity contribution is 14.1. The van der Waals surface area contributed by atoms with Gasteiger partial charge in [-0.2, -0.15) is 8.42 Å². The number of fused-ring (bicyclic) bond motifs is 1. The van der Waals surface area contributed by atoms with Crippen molar-refractivity contribution in [1.29, 1.82) is 0 Å². The fourth-order valence-corrected chi connectivity index (χ4v) is 5.02. The van der Waals surface area contributed by atoms with Crippen molar-refractivity contribution in [3.8, 4) is 11.5 Å². The Bertz CT molecular complexity index is 1410. The zero-order valence-corrected chi connectivity index (χ0v) is 24.0. The Morgan fingerprint density at radius 1 is 1.32 bits per heavy atom. The third-order valence-electron chi connectivity index (χ3n) is 5.36. The first-order valence-electron chi connectivity index (χ1n) is 11.1. The first-order valence-corrected chi connectivity index (χ1v) is 14.6. The van der Waals surface area contributed by atoms with Crippen LogP contribution in [-0.4, -0.2) is 75.5 Å². The molecule has 1 aromatic heterocycles. The molecule has 0 saturated carbocycles. The molecule has 2 unspecified atom stereocenters. The number of likely N-dealkylation sites (tertiary alicyclic amines) is 1. The Labute approximate surface area is 237 Å². The summed E-state index contributed by atoms with van der Waals surface area (Å²) in [4.78, 5) is 22.1. The van der Waals surface area contributed by atoms with Crippen LogP contribution < -0.4 is 14.8 Å². The lowest BCUT2D eigenvalue weighted by Gasteiger charge is -2.36. The summed E-state index contributed by atoms with van der Waals surface area (Å²) in [5.74, 6) is 0.513. The van der Waals surface area contributed by atoms with E-state index in [1.54, 1.807) is 36.3 Å². The Balaban J connectivity index is 0.000000732. The van der Waals surface area contributed by atoms with Gasteiger partial charge in [0.25, 0.3) is 10.1 Å². The zero-order chi connectivity index (χ0) is 28.0. The summed E-state index contributed by atoms with van der Waals surface area (Å²) in [6.45, 7) is -0.0238. The average molecular weight is 683 g/mol. The van der Waals surface area contributed by atoms with E-state index in [2.05, 4.69) is 37.9 Å². The minimum absolute atomic E-state index is 0.00317. The number of halogens is 3. The van der Waals surface area contributed by atoms with Crippen molar-refractivity contribution in [2.75, 3.05) is 31.8 Å². The smallest absolute Gasteiger partial charge is 0.261 e. The number of ether oxygens (including phenoxy) is 2. The third kappa shape index (κ3) is 7.99. The summed E-state index contributed by atoms with van der Waals surface area (Å²) < 4.78 is 52.0. The van der Waals surface area contributed by atoms with Gasteiger partial charge in [-0.3, -0.25) is 9.35 Å². The van der Waals surface area contributed by atoms with Gasteiger partial charge in [0.2, 0.25) is 5.91 Å². The maximum atomic E-state index is 14.4. The number of carbonyl (C=O) groups excluding carboxylic acids is 1. The molecule has 1 saturated heterocycles. The number of hydrogen-bond donors (Lipinski definition) is 3. The zero-order valence-electron chi connectivity index (χ0n) is 20.3. The number of amides is 1. The van der Waals surface area contributed by atoms with E-state index in [-0.39, 0.29) is 26.8 Å². The highest BCUT2D eigenvalue weighted by Gasteiger charge is 2.31. The van der Waals surface area contributed by atoms with Gasteiger partial charge in [-0.15, -0.1) is 0 Å². The quantitative estimate of drug-likeness (QED) is 0.152. The molecule has 0 spiro atoms. The lowest BCUT2D eigenvalue weighted by molar-refractivity contribution is -0.136. The van der Waals surface area contributed by atoms with Crippen LogP contribution in [0.3, 0.4) is 0 Å². The fourth-order valence-electron chi connectivity index (χ4n) is 3.69. The Morgan fingerprint density at radius 2 is 2.03 bits per heavy atom. The second-order valence-corrected chi connectivity index (χ2v) is 11.5.